The minimum atomic E-state index is -0.258. The van der Waals surface area contributed by atoms with E-state index in [4.69, 9.17) is 4.74 Å². The lowest BCUT2D eigenvalue weighted by atomic mass is 9.83. The van der Waals surface area contributed by atoms with Gasteiger partial charge in [-0.3, -0.25) is 9.59 Å². The van der Waals surface area contributed by atoms with Crippen LogP contribution >= 0.6 is 0 Å². The molecule has 0 aromatic heterocycles. The highest BCUT2D eigenvalue weighted by molar-refractivity contribution is 5.86. The number of ether oxygens (including phenoxy) is 1. The van der Waals surface area contributed by atoms with E-state index in [1.54, 1.807) is 0 Å². The highest BCUT2D eigenvalue weighted by Crippen LogP contribution is 2.24. The van der Waals surface area contributed by atoms with Crippen LogP contribution < -0.4 is 0 Å². The molecule has 0 saturated carbocycles. The van der Waals surface area contributed by atoms with Crippen molar-refractivity contribution in [2.24, 2.45) is 11.8 Å². The standard InChI is InChI=1S/C15H28O3/c1-5-9-11-18-15(17)13(8-4)12(7-3)14(16)10-6-2/h12-13H,5-11H2,1-4H3. The van der Waals surface area contributed by atoms with Gasteiger partial charge in [-0.05, 0) is 25.7 Å². The highest BCUT2D eigenvalue weighted by atomic mass is 16.5. The van der Waals surface area contributed by atoms with Crippen molar-refractivity contribution in [3.63, 3.8) is 0 Å². The van der Waals surface area contributed by atoms with Gasteiger partial charge in [0.2, 0.25) is 0 Å². The van der Waals surface area contributed by atoms with Crippen molar-refractivity contribution < 1.29 is 14.3 Å². The lowest BCUT2D eigenvalue weighted by Gasteiger charge is -2.22. The molecule has 0 N–H and O–H groups in total. The molecule has 0 aliphatic carbocycles. The Hall–Kier alpha value is -0.860. The maximum Gasteiger partial charge on any atom is 0.309 e. The number of carbonyl (C=O) groups excluding carboxylic acids is 2. The van der Waals surface area contributed by atoms with Gasteiger partial charge in [-0.15, -0.1) is 0 Å². The maximum atomic E-state index is 12.0. The Morgan fingerprint density at radius 1 is 0.944 bits per heavy atom. The zero-order valence-corrected chi connectivity index (χ0v) is 12.3. The van der Waals surface area contributed by atoms with E-state index in [0.717, 1.165) is 25.7 Å². The summed E-state index contributed by atoms with van der Waals surface area (Å²) in [6.07, 6.45) is 4.71. The molecule has 2 unspecified atom stereocenters. The molecule has 0 amide bonds. The lowest BCUT2D eigenvalue weighted by molar-refractivity contribution is -0.153. The normalized spacial score (nSPS) is 14.0. The second-order valence-corrected chi connectivity index (χ2v) is 4.77. The third kappa shape index (κ3) is 5.65. The van der Waals surface area contributed by atoms with Gasteiger partial charge in [0, 0.05) is 12.3 Å². The molecule has 0 aliphatic rings. The summed E-state index contributed by atoms with van der Waals surface area (Å²) < 4.78 is 5.26. The van der Waals surface area contributed by atoms with E-state index in [1.807, 2.05) is 20.8 Å². The molecule has 2 atom stereocenters. The van der Waals surface area contributed by atoms with Gasteiger partial charge < -0.3 is 4.74 Å². The quantitative estimate of drug-likeness (QED) is 0.441. The lowest BCUT2D eigenvalue weighted by Crippen LogP contribution is -2.30. The Balaban J connectivity index is 4.50. The Morgan fingerprint density at radius 3 is 2.00 bits per heavy atom. The molecule has 0 saturated heterocycles. The van der Waals surface area contributed by atoms with Crippen molar-refractivity contribution in [2.75, 3.05) is 6.61 Å². The predicted molar refractivity (Wildman–Crippen MR) is 73.3 cm³/mol. The third-order valence-corrected chi connectivity index (χ3v) is 3.32. The minimum Gasteiger partial charge on any atom is -0.465 e. The van der Waals surface area contributed by atoms with E-state index in [9.17, 15) is 9.59 Å². The van der Waals surface area contributed by atoms with Crippen LogP contribution in [0.1, 0.15) is 66.2 Å². The molecule has 0 rings (SSSR count). The first-order valence-corrected chi connectivity index (χ1v) is 7.31. The zero-order chi connectivity index (χ0) is 14.0. The van der Waals surface area contributed by atoms with E-state index in [0.29, 0.717) is 19.4 Å². The predicted octanol–water partition coefficient (Wildman–Crippen LogP) is 3.75. The fraction of sp³-hybridized carbons (Fsp3) is 0.867. The van der Waals surface area contributed by atoms with Crippen LogP contribution in [0.3, 0.4) is 0 Å². The smallest absolute Gasteiger partial charge is 0.309 e. The summed E-state index contributed by atoms with van der Waals surface area (Å²) in [5, 5.41) is 0. The molecule has 3 heteroatoms. The number of ketones is 1. The maximum absolute atomic E-state index is 12.0. The molecule has 0 aromatic carbocycles. The summed E-state index contributed by atoms with van der Waals surface area (Å²) in [5.41, 5.74) is 0. The summed E-state index contributed by atoms with van der Waals surface area (Å²) in [6, 6.07) is 0. The number of hydrogen-bond acceptors (Lipinski definition) is 3. The molecule has 18 heavy (non-hydrogen) atoms. The van der Waals surface area contributed by atoms with E-state index in [1.165, 1.54) is 0 Å². The first-order chi connectivity index (χ1) is 8.62. The van der Waals surface area contributed by atoms with Crippen molar-refractivity contribution in [1.29, 1.82) is 0 Å². The molecule has 106 valence electrons. The average Bonchev–Trinajstić information content (AvgIpc) is 2.35. The van der Waals surface area contributed by atoms with E-state index in [2.05, 4.69) is 6.92 Å². The number of unbranched alkanes of at least 4 members (excludes halogenated alkanes) is 1. The van der Waals surface area contributed by atoms with Gasteiger partial charge in [0.25, 0.3) is 0 Å². The van der Waals surface area contributed by atoms with Crippen LogP contribution in [-0.2, 0) is 14.3 Å². The first kappa shape index (κ1) is 17.1. The Bertz CT molecular complexity index is 248. The van der Waals surface area contributed by atoms with E-state index >= 15 is 0 Å². The fourth-order valence-corrected chi connectivity index (χ4v) is 2.21. The molecule has 0 bridgehead atoms. The molecule has 0 aromatic rings. The fourth-order valence-electron chi connectivity index (χ4n) is 2.21. The van der Waals surface area contributed by atoms with Crippen LogP contribution in [0.2, 0.25) is 0 Å². The SMILES string of the molecule is CCCCOC(=O)C(CC)C(CC)C(=O)CCC. The summed E-state index contributed by atoms with van der Waals surface area (Å²) in [6.45, 7) is 8.45. The minimum absolute atomic E-state index is 0.163. The topological polar surface area (TPSA) is 43.4 Å². The second kappa shape index (κ2) is 10.1. The van der Waals surface area contributed by atoms with Crippen molar-refractivity contribution in [2.45, 2.75) is 66.2 Å². The molecule has 0 fully saturated rings. The Kier molecular flexibility index (Phi) is 9.62. The second-order valence-electron chi connectivity index (χ2n) is 4.77. The number of carbonyl (C=O) groups is 2. The summed E-state index contributed by atoms with van der Waals surface area (Å²) in [7, 11) is 0. The Labute approximate surface area is 111 Å². The van der Waals surface area contributed by atoms with Gasteiger partial charge in [0.05, 0.1) is 12.5 Å². The zero-order valence-electron chi connectivity index (χ0n) is 12.3. The van der Waals surface area contributed by atoms with Crippen molar-refractivity contribution in [1.82, 2.24) is 0 Å². The molecule has 0 aliphatic heterocycles. The molecule has 0 spiro atoms. The van der Waals surface area contributed by atoms with Gasteiger partial charge in [0.1, 0.15) is 5.78 Å². The van der Waals surface area contributed by atoms with Gasteiger partial charge >= 0.3 is 5.97 Å². The van der Waals surface area contributed by atoms with Gasteiger partial charge in [-0.25, -0.2) is 0 Å². The van der Waals surface area contributed by atoms with Crippen LogP contribution in [0.15, 0.2) is 0 Å². The van der Waals surface area contributed by atoms with E-state index in [-0.39, 0.29) is 23.6 Å². The largest absolute Gasteiger partial charge is 0.465 e. The van der Waals surface area contributed by atoms with Gasteiger partial charge in [0.15, 0.2) is 0 Å². The van der Waals surface area contributed by atoms with Crippen LogP contribution in [0.25, 0.3) is 0 Å². The van der Waals surface area contributed by atoms with Crippen LogP contribution in [0, 0.1) is 11.8 Å². The molecule has 3 nitrogen and oxygen atoms in total. The molecular weight excluding hydrogens is 228 g/mol. The highest BCUT2D eigenvalue weighted by Gasteiger charge is 2.31. The van der Waals surface area contributed by atoms with Crippen LogP contribution in [0.5, 0.6) is 0 Å². The third-order valence-electron chi connectivity index (χ3n) is 3.32. The van der Waals surface area contributed by atoms with Crippen molar-refractivity contribution >= 4 is 11.8 Å². The molecule has 0 radical (unpaired) electrons. The number of rotatable bonds is 10. The van der Waals surface area contributed by atoms with Gasteiger partial charge in [-0.1, -0.05) is 34.1 Å². The van der Waals surface area contributed by atoms with E-state index < -0.39 is 0 Å². The first-order valence-electron chi connectivity index (χ1n) is 7.31. The molecular formula is C15H28O3. The summed E-state index contributed by atoms with van der Waals surface area (Å²) in [5.74, 6) is -0.406. The monoisotopic (exact) mass is 256 g/mol. The molecule has 0 heterocycles. The number of Topliss-reactive ketones (excluding diaryl/α,β-unsaturated/α-hetero) is 1. The summed E-state index contributed by atoms with van der Waals surface area (Å²) >= 11 is 0. The summed E-state index contributed by atoms with van der Waals surface area (Å²) in [4.78, 5) is 24.0. The van der Waals surface area contributed by atoms with Crippen molar-refractivity contribution in [3.05, 3.63) is 0 Å². The number of esters is 1. The van der Waals surface area contributed by atoms with Gasteiger partial charge in [-0.2, -0.15) is 0 Å². The Morgan fingerprint density at radius 2 is 1.56 bits per heavy atom. The van der Waals surface area contributed by atoms with Crippen LogP contribution in [-0.4, -0.2) is 18.4 Å². The van der Waals surface area contributed by atoms with Crippen LogP contribution in [0.4, 0.5) is 0 Å². The van der Waals surface area contributed by atoms with Crippen molar-refractivity contribution in [3.8, 4) is 0 Å². The number of hydrogen-bond donors (Lipinski definition) is 0. The average molecular weight is 256 g/mol.